The standard InChI is InChI=1S/C23H33N2O3.3C4H9.Sn/c1-22(2)16-27-23(3,4)25(22)21(26)28-20-18(14-17-10-6-5-7-11-17)15-24-13-9-8-12-19(20)24;3*1-3-4-2;/h5-7,10-11,14,18-20H,8-9,12-13,15-16H2,1-4H3;3*1,3-4H2,2H3;/t18-,19-,20+;;;;/m1..../s1. The van der Waals surface area contributed by atoms with Crippen molar-refractivity contribution in [3.05, 3.63) is 35.9 Å². The van der Waals surface area contributed by atoms with E-state index in [-0.39, 0.29) is 17.7 Å². The number of carbonyl (C=O) groups excluding carboxylic acids is 1. The Kier molecular flexibility index (Phi) is 11.6. The Hall–Kier alpha value is -0.791. The molecule has 1 aromatic carbocycles. The maximum absolute atomic E-state index is 14.2. The Morgan fingerprint density at radius 2 is 1.59 bits per heavy atom. The normalized spacial score (nSPS) is 26.6. The van der Waals surface area contributed by atoms with E-state index in [1.807, 2.05) is 18.7 Å². The van der Waals surface area contributed by atoms with Crippen LogP contribution < -0.4 is 0 Å². The van der Waals surface area contributed by atoms with Crippen molar-refractivity contribution < 1.29 is 14.3 Å². The first kappa shape index (κ1) is 33.1. The number of unbranched alkanes of at least 4 members (excludes halogenated alkanes) is 3. The first-order valence-electron chi connectivity index (χ1n) is 17.0. The van der Waals surface area contributed by atoms with Gasteiger partial charge in [-0.2, -0.15) is 0 Å². The van der Waals surface area contributed by atoms with Gasteiger partial charge in [0.1, 0.15) is 0 Å². The SMILES string of the molecule is CCC[CH2][Sn]([CH2]CCC)([CH2]CCC)[C@@H](c1ccccc1)[C@@H]1CN2CCCC[C@@H]2[C@H]1OC(=O)N1C(C)(C)COC1(C)C. The fraction of sp³-hybridized carbons (Fsp3) is 0.800. The summed E-state index contributed by atoms with van der Waals surface area (Å²) in [6, 6.07) is 11.9. The van der Waals surface area contributed by atoms with Gasteiger partial charge in [0.15, 0.2) is 0 Å². The van der Waals surface area contributed by atoms with Crippen molar-refractivity contribution in [2.75, 3.05) is 19.7 Å². The molecule has 0 bridgehead atoms. The van der Waals surface area contributed by atoms with Gasteiger partial charge in [-0.1, -0.05) is 0 Å². The molecule has 41 heavy (non-hydrogen) atoms. The third-order valence-corrected chi connectivity index (χ3v) is 28.1. The van der Waals surface area contributed by atoms with Crippen LogP contribution in [0.5, 0.6) is 0 Å². The van der Waals surface area contributed by atoms with E-state index in [4.69, 9.17) is 9.47 Å². The molecule has 0 aliphatic carbocycles. The quantitative estimate of drug-likeness (QED) is 0.196. The zero-order valence-corrected chi connectivity index (χ0v) is 30.3. The number of fused-ring (bicyclic) bond motifs is 1. The predicted octanol–water partition coefficient (Wildman–Crippen LogP) is 8.99. The minimum atomic E-state index is -2.82. The first-order chi connectivity index (χ1) is 19.6. The third kappa shape index (κ3) is 7.30. The summed E-state index contributed by atoms with van der Waals surface area (Å²) in [7, 11) is 0. The van der Waals surface area contributed by atoms with Crippen molar-refractivity contribution in [3.8, 4) is 0 Å². The summed E-state index contributed by atoms with van der Waals surface area (Å²) in [6.07, 6.45) is 11.3. The fourth-order valence-corrected chi connectivity index (χ4v) is 28.6. The van der Waals surface area contributed by atoms with Gasteiger partial charge in [0.05, 0.1) is 0 Å². The van der Waals surface area contributed by atoms with Crippen LogP contribution in [-0.2, 0) is 9.47 Å². The van der Waals surface area contributed by atoms with E-state index in [0.717, 1.165) is 19.5 Å². The molecule has 4 atom stereocenters. The average molecular weight is 676 g/mol. The molecular formula is C35H60N2O3Sn. The molecule has 0 aromatic heterocycles. The van der Waals surface area contributed by atoms with Crippen molar-refractivity contribution >= 4 is 24.5 Å². The number of benzene rings is 1. The molecular weight excluding hydrogens is 615 g/mol. The maximum atomic E-state index is 14.2. The number of amides is 1. The first-order valence-corrected chi connectivity index (χ1v) is 24.7. The molecule has 0 spiro atoms. The number of nitrogens with zero attached hydrogens (tertiary/aromatic N) is 2. The Balaban J connectivity index is 1.79. The van der Waals surface area contributed by atoms with Crippen molar-refractivity contribution in [1.82, 2.24) is 9.80 Å². The molecule has 232 valence electrons. The summed E-state index contributed by atoms with van der Waals surface area (Å²) in [6.45, 7) is 18.1. The van der Waals surface area contributed by atoms with Gasteiger partial charge in [0.25, 0.3) is 0 Å². The number of carbonyl (C=O) groups is 1. The van der Waals surface area contributed by atoms with Gasteiger partial charge in [0, 0.05) is 0 Å². The molecule has 0 N–H and O–H groups in total. The zero-order valence-electron chi connectivity index (χ0n) is 27.4. The van der Waals surface area contributed by atoms with Crippen LogP contribution in [0, 0.1) is 5.92 Å². The monoisotopic (exact) mass is 676 g/mol. The molecule has 4 rings (SSSR count). The van der Waals surface area contributed by atoms with Crippen LogP contribution in [0.1, 0.15) is 116 Å². The molecule has 3 saturated heterocycles. The van der Waals surface area contributed by atoms with Gasteiger partial charge in [-0.3, -0.25) is 0 Å². The Morgan fingerprint density at radius 1 is 0.976 bits per heavy atom. The molecule has 1 aromatic rings. The zero-order chi connectivity index (χ0) is 29.7. The van der Waals surface area contributed by atoms with E-state index in [1.165, 1.54) is 64.7 Å². The predicted molar refractivity (Wildman–Crippen MR) is 173 cm³/mol. The van der Waals surface area contributed by atoms with E-state index in [1.54, 1.807) is 5.56 Å². The van der Waals surface area contributed by atoms with E-state index < -0.39 is 24.1 Å². The van der Waals surface area contributed by atoms with Crippen LogP contribution in [0.25, 0.3) is 0 Å². The summed E-state index contributed by atoms with van der Waals surface area (Å²) in [4.78, 5) is 18.8. The van der Waals surface area contributed by atoms with Gasteiger partial charge in [-0.05, 0) is 0 Å². The van der Waals surface area contributed by atoms with E-state index in [0.29, 0.717) is 22.5 Å². The Bertz CT molecular complexity index is 930. The van der Waals surface area contributed by atoms with Crippen molar-refractivity contribution in [2.45, 2.75) is 147 Å². The van der Waals surface area contributed by atoms with Gasteiger partial charge in [-0.15, -0.1) is 0 Å². The van der Waals surface area contributed by atoms with Crippen LogP contribution >= 0.6 is 0 Å². The second-order valence-electron chi connectivity index (χ2n) is 14.5. The van der Waals surface area contributed by atoms with Gasteiger partial charge >= 0.3 is 257 Å². The molecule has 5 nitrogen and oxygen atoms in total. The van der Waals surface area contributed by atoms with E-state index in [2.05, 4.69) is 69.9 Å². The van der Waals surface area contributed by atoms with Crippen LogP contribution in [-0.4, -0.2) is 77.4 Å². The number of hydrogen-bond acceptors (Lipinski definition) is 4. The molecule has 1 amide bonds. The van der Waals surface area contributed by atoms with Gasteiger partial charge in [0.2, 0.25) is 0 Å². The van der Waals surface area contributed by atoms with Gasteiger partial charge in [-0.25, -0.2) is 0 Å². The van der Waals surface area contributed by atoms with Crippen molar-refractivity contribution in [2.24, 2.45) is 5.92 Å². The molecule has 3 heterocycles. The number of ether oxygens (including phenoxy) is 2. The summed E-state index contributed by atoms with van der Waals surface area (Å²) in [5.41, 5.74) is 0.501. The fourth-order valence-electron chi connectivity index (χ4n) is 8.73. The molecule has 0 radical (unpaired) electrons. The molecule has 3 aliphatic rings. The Morgan fingerprint density at radius 3 is 2.12 bits per heavy atom. The van der Waals surface area contributed by atoms with E-state index >= 15 is 0 Å². The minimum absolute atomic E-state index is 0.0545. The second kappa shape index (κ2) is 14.3. The van der Waals surface area contributed by atoms with E-state index in [9.17, 15) is 4.79 Å². The average Bonchev–Trinajstić information content (AvgIpc) is 3.41. The molecule has 0 unspecified atom stereocenters. The second-order valence-corrected chi connectivity index (χ2v) is 28.3. The van der Waals surface area contributed by atoms with Crippen molar-refractivity contribution in [3.63, 3.8) is 0 Å². The number of rotatable bonds is 13. The summed E-state index contributed by atoms with van der Waals surface area (Å²) in [5, 5.41) is 0. The number of hydrogen-bond donors (Lipinski definition) is 0. The number of piperidine rings is 1. The topological polar surface area (TPSA) is 42.0 Å². The van der Waals surface area contributed by atoms with Crippen LogP contribution in [0.3, 0.4) is 0 Å². The molecule has 3 fully saturated rings. The summed E-state index contributed by atoms with van der Waals surface area (Å²) in [5.74, 6) is 0.376. The van der Waals surface area contributed by atoms with Crippen LogP contribution in [0.15, 0.2) is 30.3 Å². The van der Waals surface area contributed by atoms with Gasteiger partial charge < -0.3 is 0 Å². The molecule has 6 heteroatoms. The van der Waals surface area contributed by atoms with Crippen molar-refractivity contribution in [1.29, 1.82) is 0 Å². The third-order valence-electron chi connectivity index (χ3n) is 10.6. The summed E-state index contributed by atoms with van der Waals surface area (Å²) < 4.78 is 17.9. The molecule has 3 aliphatic heterocycles. The van der Waals surface area contributed by atoms with Crippen LogP contribution in [0.2, 0.25) is 13.3 Å². The summed E-state index contributed by atoms with van der Waals surface area (Å²) >= 11 is -2.82. The van der Waals surface area contributed by atoms with Crippen LogP contribution in [0.4, 0.5) is 4.79 Å². The Labute approximate surface area is 256 Å². The molecule has 0 saturated carbocycles.